The van der Waals surface area contributed by atoms with Crippen molar-refractivity contribution in [1.82, 2.24) is 23.6 Å². The normalized spacial score (nSPS) is 13.6. The van der Waals surface area contributed by atoms with E-state index in [0.29, 0.717) is 17.0 Å². The first kappa shape index (κ1) is 30.5. The van der Waals surface area contributed by atoms with Crippen molar-refractivity contribution < 1.29 is 14.8 Å². The van der Waals surface area contributed by atoms with Crippen molar-refractivity contribution in [3.05, 3.63) is 111 Å². The molecule has 1 aliphatic rings. The van der Waals surface area contributed by atoms with Crippen LogP contribution in [0.5, 0.6) is 0 Å². The highest BCUT2D eigenvalue weighted by molar-refractivity contribution is 6.11. The summed E-state index contributed by atoms with van der Waals surface area (Å²) in [5.74, 6) is -2.80. The highest BCUT2D eigenvalue weighted by atomic mass is 16.8. The van der Waals surface area contributed by atoms with Crippen LogP contribution < -0.4 is 43.7 Å². The Morgan fingerprint density at radius 1 is 0.767 bits per heavy atom. The van der Waals surface area contributed by atoms with Crippen LogP contribution in [-0.2, 0) is 37.8 Å². The molecule has 0 bridgehead atoms. The maximum absolute atomic E-state index is 13.8. The fourth-order valence-corrected chi connectivity index (χ4v) is 4.80. The van der Waals surface area contributed by atoms with Crippen molar-refractivity contribution in [3.8, 4) is 0 Å². The molecule has 0 saturated heterocycles. The SMILES string of the molecule is CC1=C(C(=O)Nc2cc(=O)n(C)c(=O)n2C)C(c2ccc(N([O-])O)cc2)C(C(=O)Nc2cc(=O)n(C)c(=O)n2C)=C(C)N1. The van der Waals surface area contributed by atoms with Crippen LogP contribution in [0.4, 0.5) is 17.3 Å². The zero-order valence-electron chi connectivity index (χ0n) is 24.1. The van der Waals surface area contributed by atoms with E-state index in [1.807, 2.05) is 0 Å². The lowest BCUT2D eigenvalue weighted by Crippen LogP contribution is -2.40. The van der Waals surface area contributed by atoms with Gasteiger partial charge in [0, 0.05) is 68.8 Å². The van der Waals surface area contributed by atoms with Gasteiger partial charge in [0.2, 0.25) is 0 Å². The molecule has 16 nitrogen and oxygen atoms in total. The molecular weight excluding hydrogens is 564 g/mol. The van der Waals surface area contributed by atoms with Crippen molar-refractivity contribution >= 4 is 29.1 Å². The molecule has 0 fully saturated rings. The predicted molar refractivity (Wildman–Crippen MR) is 156 cm³/mol. The Morgan fingerprint density at radius 3 is 1.53 bits per heavy atom. The Labute approximate surface area is 242 Å². The van der Waals surface area contributed by atoms with Gasteiger partial charge >= 0.3 is 11.4 Å². The van der Waals surface area contributed by atoms with Crippen LogP contribution in [-0.4, -0.2) is 35.3 Å². The lowest BCUT2D eigenvalue weighted by atomic mass is 9.79. The zero-order chi connectivity index (χ0) is 31.9. The molecule has 2 amide bonds. The van der Waals surface area contributed by atoms with Gasteiger partial charge in [-0.2, -0.15) is 0 Å². The zero-order valence-corrected chi connectivity index (χ0v) is 24.1. The number of nitrogens with zero attached hydrogens (tertiary/aromatic N) is 5. The lowest BCUT2D eigenvalue weighted by Gasteiger charge is -2.32. The van der Waals surface area contributed by atoms with Gasteiger partial charge in [0.15, 0.2) is 0 Å². The summed E-state index contributed by atoms with van der Waals surface area (Å²) in [6.45, 7) is 3.18. The second-order valence-electron chi connectivity index (χ2n) is 9.94. The van der Waals surface area contributed by atoms with Gasteiger partial charge in [-0.05, 0) is 31.5 Å². The number of hydrogen-bond acceptors (Lipinski definition) is 10. The number of benzene rings is 1. The van der Waals surface area contributed by atoms with Crippen LogP contribution in [0.15, 0.2) is 78.1 Å². The number of aromatic nitrogens is 4. The highest BCUT2D eigenvalue weighted by Gasteiger charge is 2.37. The monoisotopic (exact) mass is 593 g/mol. The van der Waals surface area contributed by atoms with Crippen LogP contribution in [0.2, 0.25) is 0 Å². The number of carbonyl (C=O) groups excluding carboxylic acids is 2. The number of anilines is 3. The first-order valence-electron chi connectivity index (χ1n) is 12.8. The Bertz CT molecular complexity index is 1840. The second kappa shape index (κ2) is 11.4. The van der Waals surface area contributed by atoms with Gasteiger partial charge in [0.25, 0.3) is 22.9 Å². The summed E-state index contributed by atoms with van der Waals surface area (Å²) < 4.78 is 3.88. The van der Waals surface area contributed by atoms with Gasteiger partial charge in [-0.15, -0.1) is 0 Å². The van der Waals surface area contributed by atoms with Crippen molar-refractivity contribution in [2.75, 3.05) is 15.9 Å². The van der Waals surface area contributed by atoms with Gasteiger partial charge in [0.05, 0.1) is 5.69 Å². The van der Waals surface area contributed by atoms with E-state index >= 15 is 0 Å². The molecule has 226 valence electrons. The molecule has 0 saturated carbocycles. The first-order chi connectivity index (χ1) is 20.1. The van der Waals surface area contributed by atoms with E-state index < -0.39 is 40.2 Å². The number of dihydropyridines is 1. The summed E-state index contributed by atoms with van der Waals surface area (Å²) >= 11 is 0. The predicted octanol–water partition coefficient (Wildman–Crippen LogP) is -0.313. The first-order valence-corrected chi connectivity index (χ1v) is 12.8. The van der Waals surface area contributed by atoms with Crippen LogP contribution in [0.25, 0.3) is 0 Å². The minimum atomic E-state index is -1.10. The Morgan fingerprint density at radius 2 is 1.16 bits per heavy atom. The Hall–Kier alpha value is -5.48. The molecule has 1 aliphatic heterocycles. The van der Waals surface area contributed by atoms with E-state index in [2.05, 4.69) is 16.0 Å². The number of hydrogen-bond donors (Lipinski definition) is 4. The molecule has 4 rings (SSSR count). The average Bonchev–Trinajstić information content (AvgIpc) is 2.95. The van der Waals surface area contributed by atoms with Crippen LogP contribution >= 0.6 is 0 Å². The summed E-state index contributed by atoms with van der Waals surface area (Å²) in [5, 5.41) is 28.5. The number of rotatable bonds is 6. The van der Waals surface area contributed by atoms with Crippen LogP contribution in [0.1, 0.15) is 25.3 Å². The molecule has 3 aromatic rings. The molecule has 1 aromatic carbocycles. The topological polar surface area (TPSA) is 205 Å². The molecule has 0 unspecified atom stereocenters. The minimum absolute atomic E-state index is 0.0254. The third kappa shape index (κ3) is 5.55. The number of carbonyl (C=O) groups is 2. The summed E-state index contributed by atoms with van der Waals surface area (Å²) in [5.41, 5.74) is -1.69. The summed E-state index contributed by atoms with van der Waals surface area (Å²) in [6.07, 6.45) is 0. The summed E-state index contributed by atoms with van der Waals surface area (Å²) in [6, 6.07) is 7.60. The summed E-state index contributed by atoms with van der Waals surface area (Å²) in [7, 11) is 5.32. The molecule has 3 heterocycles. The minimum Gasteiger partial charge on any atom is -0.733 e. The third-order valence-corrected chi connectivity index (χ3v) is 7.23. The van der Waals surface area contributed by atoms with Crippen molar-refractivity contribution in [2.24, 2.45) is 28.2 Å². The molecule has 0 spiro atoms. The quantitative estimate of drug-likeness (QED) is 0.274. The van der Waals surface area contributed by atoms with Crippen molar-refractivity contribution in [3.63, 3.8) is 0 Å². The molecule has 0 atom stereocenters. The van der Waals surface area contributed by atoms with Gasteiger partial charge in [-0.25, -0.2) is 9.59 Å². The number of nitrogens with one attached hydrogen (secondary N) is 3. The van der Waals surface area contributed by atoms with E-state index in [9.17, 15) is 39.2 Å². The average molecular weight is 594 g/mol. The Balaban J connectivity index is 1.85. The molecule has 16 heteroatoms. The standard InChI is InChI=1S/C27H29N8O8/c1-13-21(24(38)29-17-11-19(36)33(5)26(40)31(17)3)23(15-7-9-16(10-8-15)35(42)43)22(14(2)28-13)25(39)30-18-12-20(37)34(6)27(41)32(18)4/h7-12,23,28,42H,1-6H3,(H,29,38)(H,30,39)/q-1. The van der Waals surface area contributed by atoms with E-state index in [1.165, 1.54) is 52.5 Å². The van der Waals surface area contributed by atoms with Gasteiger partial charge < -0.3 is 26.4 Å². The van der Waals surface area contributed by atoms with Crippen molar-refractivity contribution in [2.45, 2.75) is 19.8 Å². The largest absolute Gasteiger partial charge is 0.733 e. The van der Waals surface area contributed by atoms with Gasteiger partial charge in [-0.1, -0.05) is 12.1 Å². The van der Waals surface area contributed by atoms with Gasteiger partial charge in [-0.3, -0.25) is 42.7 Å². The van der Waals surface area contributed by atoms with Crippen LogP contribution in [0.3, 0.4) is 0 Å². The molecule has 4 N–H and O–H groups in total. The molecule has 2 aromatic heterocycles. The van der Waals surface area contributed by atoms with Crippen molar-refractivity contribution in [1.29, 1.82) is 0 Å². The third-order valence-electron chi connectivity index (χ3n) is 7.23. The molecule has 0 aliphatic carbocycles. The number of allylic oxidation sites excluding steroid dienone is 2. The molecule has 0 radical (unpaired) electrons. The molecule has 43 heavy (non-hydrogen) atoms. The van der Waals surface area contributed by atoms with E-state index in [-0.39, 0.29) is 33.7 Å². The highest BCUT2D eigenvalue weighted by Crippen LogP contribution is 2.39. The fraction of sp³-hybridized carbons (Fsp3) is 0.259. The summed E-state index contributed by atoms with van der Waals surface area (Å²) in [4.78, 5) is 77.1. The lowest BCUT2D eigenvalue weighted by molar-refractivity contribution is -0.113. The van der Waals surface area contributed by atoms with E-state index in [4.69, 9.17) is 0 Å². The Kier molecular flexibility index (Phi) is 8.09. The van der Waals surface area contributed by atoms with Gasteiger partial charge in [0.1, 0.15) is 11.6 Å². The second-order valence-corrected chi connectivity index (χ2v) is 9.94. The van der Waals surface area contributed by atoms with E-state index in [0.717, 1.165) is 30.4 Å². The number of amides is 2. The van der Waals surface area contributed by atoms with Crippen LogP contribution in [0, 0.1) is 5.21 Å². The maximum atomic E-state index is 13.8. The molecular formula is C27H29N8O8-. The maximum Gasteiger partial charge on any atom is 0.332 e. The smallest absolute Gasteiger partial charge is 0.332 e. The fourth-order valence-electron chi connectivity index (χ4n) is 4.80. The van der Waals surface area contributed by atoms with E-state index in [1.54, 1.807) is 13.8 Å².